The van der Waals surface area contributed by atoms with Crippen molar-refractivity contribution in [3.8, 4) is 0 Å². The van der Waals surface area contributed by atoms with E-state index < -0.39 is 0 Å². The molecule has 114 valence electrons. The van der Waals surface area contributed by atoms with E-state index in [-0.39, 0.29) is 17.8 Å². The van der Waals surface area contributed by atoms with Crippen molar-refractivity contribution in [3.63, 3.8) is 0 Å². The second-order valence-corrected chi connectivity index (χ2v) is 5.58. The number of nitrogens with two attached hydrogens (primary N) is 1. The summed E-state index contributed by atoms with van der Waals surface area (Å²) in [4.78, 5) is 12.2. The number of hydrogen-bond donors (Lipinski definition) is 3. The Bertz CT molecular complexity index is 489. The standard InChI is InChI=1S/C16H23N3O2/c17-15(19-21)12-8-10-13(11-9-12)16(20)18-14-6-4-2-1-3-5-7-14/h8-11,14,21H,1-7H2,(H2,17,19)(H,18,20). The molecule has 5 heteroatoms. The van der Waals surface area contributed by atoms with Crippen LogP contribution in [0.4, 0.5) is 0 Å². The van der Waals surface area contributed by atoms with Gasteiger partial charge in [-0.05, 0) is 25.0 Å². The van der Waals surface area contributed by atoms with E-state index in [1.807, 2.05) is 0 Å². The predicted molar refractivity (Wildman–Crippen MR) is 82.5 cm³/mol. The lowest BCUT2D eigenvalue weighted by molar-refractivity contribution is 0.0930. The summed E-state index contributed by atoms with van der Waals surface area (Å²) in [5.74, 6) is -0.00592. The van der Waals surface area contributed by atoms with E-state index >= 15 is 0 Å². The van der Waals surface area contributed by atoms with Crippen molar-refractivity contribution in [2.45, 2.75) is 51.0 Å². The molecule has 0 heterocycles. The Morgan fingerprint density at radius 1 is 1.05 bits per heavy atom. The zero-order valence-electron chi connectivity index (χ0n) is 12.2. The maximum Gasteiger partial charge on any atom is 0.251 e. The molecule has 5 nitrogen and oxygen atoms in total. The van der Waals surface area contributed by atoms with Gasteiger partial charge in [0.05, 0.1) is 0 Å². The molecule has 4 N–H and O–H groups in total. The van der Waals surface area contributed by atoms with Gasteiger partial charge in [0.15, 0.2) is 5.84 Å². The zero-order chi connectivity index (χ0) is 15.1. The maximum absolute atomic E-state index is 12.2. The fourth-order valence-electron chi connectivity index (χ4n) is 2.72. The van der Waals surface area contributed by atoms with Gasteiger partial charge >= 0.3 is 0 Å². The molecule has 2 rings (SSSR count). The number of carbonyl (C=O) groups is 1. The predicted octanol–water partition coefficient (Wildman–Crippen LogP) is 2.62. The minimum absolute atomic E-state index is 0.0435. The molecule has 1 fully saturated rings. The van der Waals surface area contributed by atoms with Crippen LogP contribution in [-0.4, -0.2) is 23.0 Å². The molecule has 0 aliphatic heterocycles. The molecule has 0 unspecified atom stereocenters. The van der Waals surface area contributed by atoms with E-state index in [2.05, 4.69) is 10.5 Å². The van der Waals surface area contributed by atoms with E-state index in [4.69, 9.17) is 10.9 Å². The number of hydrogen-bond acceptors (Lipinski definition) is 3. The van der Waals surface area contributed by atoms with Crippen molar-refractivity contribution in [2.24, 2.45) is 10.9 Å². The number of amides is 1. The molecule has 21 heavy (non-hydrogen) atoms. The van der Waals surface area contributed by atoms with Crippen LogP contribution < -0.4 is 11.1 Å². The summed E-state index contributed by atoms with van der Waals surface area (Å²) < 4.78 is 0. The topological polar surface area (TPSA) is 87.7 Å². The first-order chi connectivity index (χ1) is 10.2. The molecule has 1 aliphatic carbocycles. The summed E-state index contributed by atoms with van der Waals surface area (Å²) in [6.45, 7) is 0. The molecular formula is C16H23N3O2. The largest absolute Gasteiger partial charge is 0.409 e. The van der Waals surface area contributed by atoms with Crippen LogP contribution in [0.3, 0.4) is 0 Å². The Morgan fingerprint density at radius 2 is 1.57 bits per heavy atom. The number of nitrogens with one attached hydrogen (secondary N) is 1. The normalized spacial score (nSPS) is 17.8. The van der Waals surface area contributed by atoms with Crippen LogP contribution in [-0.2, 0) is 0 Å². The number of nitrogens with zero attached hydrogens (tertiary/aromatic N) is 1. The molecule has 1 aliphatic rings. The Hall–Kier alpha value is -2.04. The summed E-state index contributed by atoms with van der Waals surface area (Å²) in [5.41, 5.74) is 6.70. The summed E-state index contributed by atoms with van der Waals surface area (Å²) in [7, 11) is 0. The van der Waals surface area contributed by atoms with Crippen LogP contribution in [0.1, 0.15) is 60.9 Å². The van der Waals surface area contributed by atoms with Crippen LogP contribution in [0, 0.1) is 0 Å². The summed E-state index contributed by atoms with van der Waals surface area (Å²) in [6.07, 6.45) is 8.35. The lowest BCUT2D eigenvalue weighted by atomic mass is 9.96. The molecular weight excluding hydrogens is 266 g/mol. The van der Waals surface area contributed by atoms with E-state index in [0.717, 1.165) is 12.8 Å². The number of oxime groups is 1. The third-order valence-electron chi connectivity index (χ3n) is 3.99. The Kier molecular flexibility index (Phi) is 5.60. The molecule has 1 aromatic rings. The van der Waals surface area contributed by atoms with Crippen LogP contribution in [0.15, 0.2) is 29.4 Å². The smallest absolute Gasteiger partial charge is 0.251 e. The Morgan fingerprint density at radius 3 is 2.14 bits per heavy atom. The summed E-state index contributed by atoms with van der Waals surface area (Å²) >= 11 is 0. The molecule has 0 radical (unpaired) electrons. The van der Waals surface area contributed by atoms with Gasteiger partial charge in [-0.3, -0.25) is 4.79 Å². The van der Waals surface area contributed by atoms with Gasteiger partial charge in [-0.1, -0.05) is 49.4 Å². The van der Waals surface area contributed by atoms with Crippen LogP contribution in [0.2, 0.25) is 0 Å². The molecule has 0 aromatic heterocycles. The van der Waals surface area contributed by atoms with Gasteiger partial charge in [-0.15, -0.1) is 0 Å². The monoisotopic (exact) mass is 289 g/mol. The highest BCUT2D eigenvalue weighted by molar-refractivity contribution is 5.99. The maximum atomic E-state index is 12.2. The van der Waals surface area contributed by atoms with Gasteiger partial charge in [0.1, 0.15) is 0 Å². The first-order valence-corrected chi connectivity index (χ1v) is 7.59. The van der Waals surface area contributed by atoms with Gasteiger partial charge < -0.3 is 16.3 Å². The third-order valence-corrected chi connectivity index (χ3v) is 3.99. The van der Waals surface area contributed by atoms with Gasteiger partial charge in [-0.25, -0.2) is 0 Å². The first kappa shape index (κ1) is 15.4. The minimum atomic E-state index is -0.0494. The van der Waals surface area contributed by atoms with Gasteiger partial charge in [0.25, 0.3) is 5.91 Å². The molecule has 0 bridgehead atoms. The zero-order valence-corrected chi connectivity index (χ0v) is 12.2. The van der Waals surface area contributed by atoms with Gasteiger partial charge in [-0.2, -0.15) is 0 Å². The van der Waals surface area contributed by atoms with Crippen LogP contribution in [0.25, 0.3) is 0 Å². The quantitative estimate of drug-likeness (QED) is 0.346. The molecule has 0 atom stereocenters. The van der Waals surface area contributed by atoms with Crippen molar-refractivity contribution >= 4 is 11.7 Å². The van der Waals surface area contributed by atoms with Crippen molar-refractivity contribution in [1.29, 1.82) is 0 Å². The average molecular weight is 289 g/mol. The molecule has 0 spiro atoms. The highest BCUT2D eigenvalue weighted by atomic mass is 16.4. The van der Waals surface area contributed by atoms with Crippen molar-refractivity contribution in [3.05, 3.63) is 35.4 Å². The van der Waals surface area contributed by atoms with E-state index in [1.54, 1.807) is 24.3 Å². The van der Waals surface area contributed by atoms with Crippen LogP contribution in [0.5, 0.6) is 0 Å². The molecule has 1 saturated carbocycles. The van der Waals surface area contributed by atoms with E-state index in [1.165, 1.54) is 32.1 Å². The average Bonchev–Trinajstić information content (AvgIpc) is 2.49. The Balaban J connectivity index is 1.95. The number of benzene rings is 1. The molecule has 1 amide bonds. The summed E-state index contributed by atoms with van der Waals surface area (Å²) in [5, 5.41) is 14.7. The van der Waals surface area contributed by atoms with Gasteiger partial charge in [0, 0.05) is 17.2 Å². The van der Waals surface area contributed by atoms with Gasteiger partial charge in [0.2, 0.25) is 0 Å². The van der Waals surface area contributed by atoms with E-state index in [0.29, 0.717) is 11.1 Å². The Labute approximate surface area is 125 Å². The number of rotatable bonds is 3. The molecule has 1 aromatic carbocycles. The van der Waals surface area contributed by atoms with Crippen molar-refractivity contribution < 1.29 is 10.0 Å². The lowest BCUT2D eigenvalue weighted by Crippen LogP contribution is -2.35. The SMILES string of the molecule is N/C(=N\O)c1ccc(C(=O)NC2CCCCCCC2)cc1. The number of amidine groups is 1. The second-order valence-electron chi connectivity index (χ2n) is 5.58. The third kappa shape index (κ3) is 4.48. The fourth-order valence-corrected chi connectivity index (χ4v) is 2.72. The van der Waals surface area contributed by atoms with Crippen molar-refractivity contribution in [1.82, 2.24) is 5.32 Å². The second kappa shape index (κ2) is 7.67. The van der Waals surface area contributed by atoms with Crippen molar-refractivity contribution in [2.75, 3.05) is 0 Å². The number of carbonyl (C=O) groups excluding carboxylic acids is 1. The summed E-state index contributed by atoms with van der Waals surface area (Å²) in [6, 6.07) is 7.04. The molecule has 0 saturated heterocycles. The lowest BCUT2D eigenvalue weighted by Gasteiger charge is -2.21. The van der Waals surface area contributed by atoms with E-state index in [9.17, 15) is 4.79 Å². The van der Waals surface area contributed by atoms with Crippen LogP contribution >= 0.6 is 0 Å². The first-order valence-electron chi connectivity index (χ1n) is 7.59. The minimum Gasteiger partial charge on any atom is -0.409 e. The highest BCUT2D eigenvalue weighted by Gasteiger charge is 2.15. The fraction of sp³-hybridized carbons (Fsp3) is 0.500. The highest BCUT2D eigenvalue weighted by Crippen LogP contribution is 2.17.